The van der Waals surface area contributed by atoms with Gasteiger partial charge < -0.3 is 53.4 Å². The van der Waals surface area contributed by atoms with Gasteiger partial charge in [0.2, 0.25) is 5.79 Å². The number of hydrogen-bond donors (Lipinski definition) is 3. The van der Waals surface area contributed by atoms with Crippen molar-refractivity contribution >= 4 is 29.2 Å². The molecule has 3 aliphatic heterocycles. The van der Waals surface area contributed by atoms with Gasteiger partial charge in [-0.25, -0.2) is 4.79 Å². The summed E-state index contributed by atoms with van der Waals surface area (Å²) in [7, 11) is 4.60. The van der Waals surface area contributed by atoms with Crippen LogP contribution in [0.1, 0.15) is 126 Å². The van der Waals surface area contributed by atoms with Crippen LogP contribution >= 0.6 is 0 Å². The van der Waals surface area contributed by atoms with Crippen molar-refractivity contribution in [3.63, 3.8) is 0 Å². The number of ether oxygens (including phenoxy) is 7. The summed E-state index contributed by atoms with van der Waals surface area (Å²) in [6.45, 7) is 13.6. The number of allylic oxidation sites excluding steroid dienone is 6. The first kappa shape index (κ1) is 60.1. The standard InChI is InChI=1S/C55H87NO15/c1-34-16-12-11-13-17-35(2)46(65-8)32-42-21-19-40(7)55(64,71-42)52(61)53(62)56-23-15-14-18-43(56)54(63)70-47(33-44(58)36(3)29-39(6)50(60)51(67-10)49(59)38(5)28-34)37(4)30-41-20-22-45(48(31-41)66-9)69-27-26-68-25-24-57/h11-13,16-17,29,34,36-38,40-43,45-48,50-51,57,60,64H,14-15,18-28,30-33H2,1-10H3/b13-11+,16-12+,35-17+,39-29+/t34-,36-,37-,38-,40-,41+,42?,43?,45-,46+,47+,48-,50-,51+,55-/m1/s1. The molecule has 16 nitrogen and oxygen atoms in total. The van der Waals surface area contributed by atoms with Crippen molar-refractivity contribution in [1.29, 1.82) is 0 Å². The van der Waals surface area contributed by atoms with E-state index in [1.54, 1.807) is 41.1 Å². The predicted octanol–water partition coefficient (Wildman–Crippen LogP) is 6.21. The fourth-order valence-electron chi connectivity index (χ4n) is 10.7. The van der Waals surface area contributed by atoms with Crippen LogP contribution in [0.3, 0.4) is 0 Å². The van der Waals surface area contributed by atoms with Crippen LogP contribution in [0.4, 0.5) is 0 Å². The summed E-state index contributed by atoms with van der Waals surface area (Å²) in [5.74, 6) is -7.99. The molecule has 2 saturated heterocycles. The molecule has 0 aromatic rings. The molecule has 16 heteroatoms. The molecular weight excluding hydrogens is 915 g/mol. The number of Topliss-reactive ketones (excluding diaryl/α,β-unsaturated/α-hetero) is 3. The molecule has 4 aliphatic rings. The molecule has 4 rings (SSSR count). The van der Waals surface area contributed by atoms with Gasteiger partial charge in [-0.2, -0.15) is 0 Å². The summed E-state index contributed by atoms with van der Waals surface area (Å²) in [5, 5.41) is 32.5. The maximum Gasteiger partial charge on any atom is 0.329 e. The SMILES string of the molecule is CO[C@H]1CC2CC[C@@H](C)[C@@](O)(O2)C(=O)C(=O)N2CCCCC2C(=O)O[C@H]([C@H](C)C[C@@H]2CC[C@@H](OCCOCCO)[C@H](OC)C2)CC(=O)[C@H](C)/C=C(\C)[C@@H](O)[C@@H](OC)C(=O)[C@H](C)C[C@H](C)/C=C/C=C/C=C/1C. The second-order valence-electron chi connectivity index (χ2n) is 20.8. The number of piperidine rings is 1. The van der Waals surface area contributed by atoms with Gasteiger partial charge >= 0.3 is 5.97 Å². The zero-order valence-electron chi connectivity index (χ0n) is 44.3. The topological polar surface area (TPSA) is 214 Å². The van der Waals surface area contributed by atoms with Gasteiger partial charge in [0, 0.05) is 58.5 Å². The molecule has 1 amide bonds. The van der Waals surface area contributed by atoms with E-state index in [4.69, 9.17) is 38.3 Å². The lowest BCUT2D eigenvalue weighted by Crippen LogP contribution is -2.61. The third-order valence-corrected chi connectivity index (χ3v) is 15.2. The summed E-state index contributed by atoms with van der Waals surface area (Å²) in [4.78, 5) is 72.4. The van der Waals surface area contributed by atoms with Crippen LogP contribution in [0, 0.1) is 35.5 Å². The molecule has 1 saturated carbocycles. The van der Waals surface area contributed by atoms with Gasteiger partial charge in [-0.3, -0.25) is 19.2 Å². The molecule has 3 fully saturated rings. The maximum absolute atomic E-state index is 14.5. The van der Waals surface area contributed by atoms with Crippen LogP contribution in [-0.4, -0.2) is 158 Å². The molecule has 0 radical (unpaired) electrons. The highest BCUT2D eigenvalue weighted by molar-refractivity contribution is 6.39. The van der Waals surface area contributed by atoms with E-state index in [-0.39, 0.29) is 74.1 Å². The molecule has 15 atom stereocenters. The van der Waals surface area contributed by atoms with Gasteiger partial charge in [0.1, 0.15) is 30.1 Å². The van der Waals surface area contributed by atoms with Crippen molar-refractivity contribution in [3.05, 3.63) is 47.6 Å². The summed E-state index contributed by atoms with van der Waals surface area (Å²) in [5.41, 5.74) is 1.26. The fourth-order valence-corrected chi connectivity index (χ4v) is 10.7. The second kappa shape index (κ2) is 29.4. The molecule has 402 valence electrons. The number of hydrogen-bond acceptors (Lipinski definition) is 15. The summed E-state index contributed by atoms with van der Waals surface area (Å²) in [6.07, 6.45) is 12.0. The number of rotatable bonds is 12. The van der Waals surface area contributed by atoms with Crippen molar-refractivity contribution < 1.29 is 72.5 Å². The lowest BCUT2D eigenvalue weighted by atomic mass is 9.78. The first-order chi connectivity index (χ1) is 33.8. The number of aliphatic hydroxyl groups is 3. The van der Waals surface area contributed by atoms with Crippen LogP contribution in [0.5, 0.6) is 0 Å². The average molecular weight is 1000 g/mol. The molecule has 0 aromatic carbocycles. The van der Waals surface area contributed by atoms with Crippen LogP contribution in [0.2, 0.25) is 0 Å². The zero-order chi connectivity index (χ0) is 52.4. The van der Waals surface area contributed by atoms with Gasteiger partial charge in [0.05, 0.1) is 50.8 Å². The zero-order valence-corrected chi connectivity index (χ0v) is 44.3. The van der Waals surface area contributed by atoms with E-state index in [1.807, 2.05) is 58.1 Å². The van der Waals surface area contributed by atoms with Gasteiger partial charge in [0.25, 0.3) is 11.7 Å². The largest absolute Gasteiger partial charge is 0.460 e. The number of aliphatic hydroxyl groups excluding tert-OH is 2. The third-order valence-electron chi connectivity index (χ3n) is 15.2. The van der Waals surface area contributed by atoms with E-state index < -0.39 is 77.8 Å². The molecule has 3 N–H and O–H groups in total. The molecule has 1 aliphatic carbocycles. The Bertz CT molecular complexity index is 1860. The Kier molecular flexibility index (Phi) is 24.9. The number of nitrogens with zero attached hydrogens (tertiary/aromatic N) is 1. The minimum Gasteiger partial charge on any atom is -0.460 e. The minimum atomic E-state index is -2.44. The van der Waals surface area contributed by atoms with Crippen LogP contribution in [0.25, 0.3) is 0 Å². The van der Waals surface area contributed by atoms with Crippen molar-refractivity contribution in [2.75, 3.05) is 54.3 Å². The number of amides is 1. The molecular formula is C55H87NO15. The quantitative estimate of drug-likeness (QED) is 0.0858. The Labute approximate surface area is 422 Å². The third kappa shape index (κ3) is 17.0. The number of ketones is 3. The van der Waals surface area contributed by atoms with Crippen LogP contribution in [0.15, 0.2) is 47.6 Å². The van der Waals surface area contributed by atoms with E-state index >= 15 is 0 Å². The molecule has 71 heavy (non-hydrogen) atoms. The molecule has 2 unspecified atom stereocenters. The summed E-state index contributed by atoms with van der Waals surface area (Å²) < 4.78 is 41.3. The lowest BCUT2D eigenvalue weighted by Gasteiger charge is -2.42. The lowest BCUT2D eigenvalue weighted by molar-refractivity contribution is -0.265. The van der Waals surface area contributed by atoms with Crippen LogP contribution in [-0.2, 0) is 57.1 Å². The predicted molar refractivity (Wildman–Crippen MR) is 267 cm³/mol. The first-order valence-electron chi connectivity index (χ1n) is 26.1. The van der Waals surface area contributed by atoms with Gasteiger partial charge in [-0.1, -0.05) is 71.1 Å². The highest BCUT2D eigenvalue weighted by Crippen LogP contribution is 2.38. The number of cyclic esters (lactones) is 1. The van der Waals surface area contributed by atoms with E-state index in [9.17, 15) is 34.2 Å². The highest BCUT2D eigenvalue weighted by atomic mass is 16.6. The van der Waals surface area contributed by atoms with Gasteiger partial charge in [-0.15, -0.1) is 0 Å². The Balaban J connectivity index is 1.67. The highest BCUT2D eigenvalue weighted by Gasteiger charge is 2.53. The second-order valence-corrected chi connectivity index (χ2v) is 20.8. The van der Waals surface area contributed by atoms with Gasteiger partial charge in [-0.05, 0) is 107 Å². The average Bonchev–Trinajstić information content (AvgIpc) is 3.35. The smallest absolute Gasteiger partial charge is 0.329 e. The van der Waals surface area contributed by atoms with E-state index in [0.717, 1.165) is 12.0 Å². The van der Waals surface area contributed by atoms with E-state index in [0.29, 0.717) is 76.6 Å². The number of carbonyl (C=O) groups is 5. The Morgan fingerprint density at radius 2 is 1.58 bits per heavy atom. The van der Waals surface area contributed by atoms with Crippen molar-refractivity contribution in [1.82, 2.24) is 4.90 Å². The van der Waals surface area contributed by atoms with Gasteiger partial charge in [0.15, 0.2) is 5.78 Å². The Morgan fingerprint density at radius 3 is 2.27 bits per heavy atom. The van der Waals surface area contributed by atoms with E-state index in [2.05, 4.69) is 0 Å². The fraction of sp³-hybridized carbons (Fsp3) is 0.764. The Morgan fingerprint density at radius 1 is 0.831 bits per heavy atom. The monoisotopic (exact) mass is 1000 g/mol. The number of esters is 1. The normalized spacial score (nSPS) is 38.0. The summed E-state index contributed by atoms with van der Waals surface area (Å²) in [6, 6.07) is -1.15. The first-order valence-corrected chi connectivity index (χ1v) is 26.1. The molecule has 0 aromatic heterocycles. The Hall–Kier alpha value is -3.45. The number of fused-ring (bicyclic) bond motifs is 3. The summed E-state index contributed by atoms with van der Waals surface area (Å²) >= 11 is 0. The molecule has 2 bridgehead atoms. The maximum atomic E-state index is 14.5. The molecule has 3 heterocycles. The van der Waals surface area contributed by atoms with Crippen LogP contribution < -0.4 is 0 Å². The molecule has 0 spiro atoms. The van der Waals surface area contributed by atoms with Crippen molar-refractivity contribution in [3.8, 4) is 0 Å². The minimum absolute atomic E-state index is 0.0129. The van der Waals surface area contributed by atoms with Crippen molar-refractivity contribution in [2.45, 2.75) is 180 Å². The number of methoxy groups -OCH3 is 3. The van der Waals surface area contributed by atoms with E-state index in [1.165, 1.54) is 12.0 Å². The number of carbonyl (C=O) groups excluding carboxylic acids is 5. The van der Waals surface area contributed by atoms with Crippen molar-refractivity contribution in [2.24, 2.45) is 35.5 Å².